The first-order chi connectivity index (χ1) is 10.9. The summed E-state index contributed by atoms with van der Waals surface area (Å²) < 4.78 is 6.25. The predicted octanol–water partition coefficient (Wildman–Crippen LogP) is -0.298. The zero-order chi connectivity index (χ0) is 15.0. The Morgan fingerprint density at radius 2 is 1.39 bits per heavy atom. The molecule has 1 heterocycles. The van der Waals surface area contributed by atoms with Gasteiger partial charge in [-0.15, -0.1) is 0 Å². The molecule has 3 nitrogen and oxygen atoms in total. The van der Waals surface area contributed by atoms with E-state index in [9.17, 15) is 0 Å². The van der Waals surface area contributed by atoms with Gasteiger partial charge in [-0.3, -0.25) is 4.90 Å². The van der Waals surface area contributed by atoms with Gasteiger partial charge in [-0.1, -0.05) is 60.7 Å². The molecule has 124 valence electrons. The summed E-state index contributed by atoms with van der Waals surface area (Å²) in [4.78, 5) is 2.46. The number of piperazine rings is 1. The number of rotatable bonds is 6. The Bertz CT molecular complexity index is 504. The van der Waals surface area contributed by atoms with Crippen molar-refractivity contribution in [3.63, 3.8) is 0 Å². The van der Waals surface area contributed by atoms with Crippen molar-refractivity contribution in [2.24, 2.45) is 0 Å². The second-order valence-corrected chi connectivity index (χ2v) is 5.66. The molecule has 1 N–H and O–H groups in total. The summed E-state index contributed by atoms with van der Waals surface area (Å²) in [6.45, 7) is 6.16. The van der Waals surface area contributed by atoms with Crippen LogP contribution < -0.4 is 17.7 Å². The van der Waals surface area contributed by atoms with Crippen molar-refractivity contribution in [1.29, 1.82) is 0 Å². The molecule has 0 unspecified atom stereocenters. The van der Waals surface area contributed by atoms with Gasteiger partial charge in [0.25, 0.3) is 0 Å². The molecule has 23 heavy (non-hydrogen) atoms. The summed E-state index contributed by atoms with van der Waals surface area (Å²) in [6, 6.07) is 21.0. The molecule has 3 rings (SSSR count). The first-order valence-corrected chi connectivity index (χ1v) is 8.08. The molecule has 1 saturated heterocycles. The normalized spacial score (nSPS) is 15.3. The van der Waals surface area contributed by atoms with E-state index in [1.807, 2.05) is 12.1 Å². The number of ether oxygens (including phenoxy) is 1. The van der Waals surface area contributed by atoms with Gasteiger partial charge in [0.2, 0.25) is 0 Å². The lowest BCUT2D eigenvalue weighted by molar-refractivity contribution is -0.00000575. The summed E-state index contributed by atoms with van der Waals surface area (Å²) in [6.07, 6.45) is 0.0188. The summed E-state index contributed by atoms with van der Waals surface area (Å²) >= 11 is 0. The molecule has 1 aliphatic heterocycles. The number of halogens is 1. The second kappa shape index (κ2) is 9.68. The van der Waals surface area contributed by atoms with Crippen LogP contribution in [0.3, 0.4) is 0 Å². The minimum absolute atomic E-state index is 0. The van der Waals surface area contributed by atoms with Gasteiger partial charge >= 0.3 is 0 Å². The first-order valence-electron chi connectivity index (χ1n) is 8.08. The third kappa shape index (κ3) is 5.33. The van der Waals surface area contributed by atoms with E-state index in [1.165, 1.54) is 11.1 Å². The predicted molar refractivity (Wildman–Crippen MR) is 90.0 cm³/mol. The van der Waals surface area contributed by atoms with Crippen molar-refractivity contribution < 1.29 is 17.1 Å². The molecular weight excluding hydrogens is 308 g/mol. The van der Waals surface area contributed by atoms with Crippen molar-refractivity contribution in [2.75, 3.05) is 39.3 Å². The average Bonchev–Trinajstić information content (AvgIpc) is 2.61. The van der Waals surface area contributed by atoms with Crippen LogP contribution in [0.4, 0.5) is 0 Å². The molecular formula is C19H24ClN2O-. The SMILES string of the molecule is [Cl-].c1ccc(C(OCCN2CCNCC2)c2ccccc2)cc1. The Kier molecular flexibility index (Phi) is 7.56. The van der Waals surface area contributed by atoms with Crippen molar-refractivity contribution >= 4 is 0 Å². The molecule has 0 aromatic heterocycles. The molecule has 0 atom stereocenters. The number of benzene rings is 2. The summed E-state index contributed by atoms with van der Waals surface area (Å²) in [5.41, 5.74) is 2.43. The largest absolute Gasteiger partial charge is 1.00 e. The topological polar surface area (TPSA) is 24.5 Å². The van der Waals surface area contributed by atoms with Gasteiger partial charge < -0.3 is 22.5 Å². The minimum Gasteiger partial charge on any atom is -1.00 e. The van der Waals surface area contributed by atoms with E-state index >= 15 is 0 Å². The number of nitrogens with zero attached hydrogens (tertiary/aromatic N) is 1. The Hall–Kier alpha value is -1.39. The van der Waals surface area contributed by atoms with Crippen LogP contribution in [0.15, 0.2) is 60.7 Å². The molecule has 1 fully saturated rings. The van der Waals surface area contributed by atoms with Crippen LogP contribution >= 0.6 is 0 Å². The van der Waals surface area contributed by atoms with E-state index in [0.29, 0.717) is 0 Å². The van der Waals surface area contributed by atoms with Crippen LogP contribution in [-0.4, -0.2) is 44.2 Å². The Labute approximate surface area is 145 Å². The summed E-state index contributed by atoms with van der Waals surface area (Å²) in [7, 11) is 0. The molecule has 0 saturated carbocycles. The fraction of sp³-hybridized carbons (Fsp3) is 0.368. The van der Waals surface area contributed by atoms with E-state index in [4.69, 9.17) is 4.74 Å². The van der Waals surface area contributed by atoms with Crippen molar-refractivity contribution in [1.82, 2.24) is 10.2 Å². The van der Waals surface area contributed by atoms with Gasteiger partial charge in [0.05, 0.1) is 6.61 Å². The highest BCUT2D eigenvalue weighted by atomic mass is 35.5. The van der Waals surface area contributed by atoms with Crippen molar-refractivity contribution in [2.45, 2.75) is 6.10 Å². The lowest BCUT2D eigenvalue weighted by Crippen LogP contribution is -3.00. The van der Waals surface area contributed by atoms with Crippen LogP contribution in [-0.2, 0) is 4.74 Å². The van der Waals surface area contributed by atoms with Gasteiger partial charge in [0.15, 0.2) is 0 Å². The zero-order valence-corrected chi connectivity index (χ0v) is 14.1. The van der Waals surface area contributed by atoms with Gasteiger partial charge in [0, 0.05) is 32.7 Å². The number of hydrogen-bond donors (Lipinski definition) is 1. The van der Waals surface area contributed by atoms with Gasteiger partial charge in [0.1, 0.15) is 6.10 Å². The fourth-order valence-corrected chi connectivity index (χ4v) is 2.87. The average molecular weight is 332 g/mol. The van der Waals surface area contributed by atoms with Crippen LogP contribution in [0.2, 0.25) is 0 Å². The van der Waals surface area contributed by atoms with Crippen LogP contribution in [0.1, 0.15) is 17.2 Å². The summed E-state index contributed by atoms with van der Waals surface area (Å²) in [5.74, 6) is 0. The first kappa shape index (κ1) is 18.0. The van der Waals surface area contributed by atoms with E-state index in [0.717, 1.165) is 39.3 Å². The fourth-order valence-electron chi connectivity index (χ4n) is 2.87. The Balaban J connectivity index is 0.00000192. The quantitative estimate of drug-likeness (QED) is 0.787. The maximum absolute atomic E-state index is 6.25. The standard InChI is InChI=1S/C19H24N2O.ClH/c1-3-7-17(8-4-1)19(18-9-5-2-6-10-18)22-16-15-21-13-11-20-12-14-21;/h1-10,19-20H,11-16H2;1H/p-1. The summed E-state index contributed by atoms with van der Waals surface area (Å²) in [5, 5.41) is 3.38. The van der Waals surface area contributed by atoms with Crippen LogP contribution in [0.5, 0.6) is 0 Å². The molecule has 4 heteroatoms. The van der Waals surface area contributed by atoms with E-state index < -0.39 is 0 Å². The number of hydrogen-bond acceptors (Lipinski definition) is 3. The molecule has 0 amide bonds. The van der Waals surface area contributed by atoms with Crippen LogP contribution in [0, 0.1) is 0 Å². The van der Waals surface area contributed by atoms with Crippen LogP contribution in [0.25, 0.3) is 0 Å². The highest BCUT2D eigenvalue weighted by Gasteiger charge is 2.15. The second-order valence-electron chi connectivity index (χ2n) is 5.66. The molecule has 0 radical (unpaired) electrons. The lowest BCUT2D eigenvalue weighted by atomic mass is 10.0. The third-order valence-corrected chi connectivity index (χ3v) is 4.11. The van der Waals surface area contributed by atoms with E-state index in [1.54, 1.807) is 0 Å². The molecule has 2 aromatic rings. The smallest absolute Gasteiger partial charge is 0.108 e. The molecule has 1 aliphatic rings. The Morgan fingerprint density at radius 3 is 1.91 bits per heavy atom. The number of nitrogens with one attached hydrogen (secondary N) is 1. The maximum Gasteiger partial charge on any atom is 0.108 e. The Morgan fingerprint density at radius 1 is 0.870 bits per heavy atom. The monoisotopic (exact) mass is 331 g/mol. The highest BCUT2D eigenvalue weighted by molar-refractivity contribution is 5.29. The zero-order valence-electron chi connectivity index (χ0n) is 13.3. The van der Waals surface area contributed by atoms with Gasteiger partial charge in [-0.25, -0.2) is 0 Å². The minimum atomic E-state index is 0. The van der Waals surface area contributed by atoms with Gasteiger partial charge in [-0.2, -0.15) is 0 Å². The molecule has 0 bridgehead atoms. The maximum atomic E-state index is 6.25. The third-order valence-electron chi connectivity index (χ3n) is 4.11. The molecule has 2 aromatic carbocycles. The highest BCUT2D eigenvalue weighted by Crippen LogP contribution is 2.25. The lowest BCUT2D eigenvalue weighted by Gasteiger charge is -2.28. The van der Waals surface area contributed by atoms with Crippen molar-refractivity contribution in [3.8, 4) is 0 Å². The molecule has 0 spiro atoms. The van der Waals surface area contributed by atoms with E-state index in [2.05, 4.69) is 58.7 Å². The van der Waals surface area contributed by atoms with E-state index in [-0.39, 0.29) is 18.5 Å². The molecule has 0 aliphatic carbocycles. The van der Waals surface area contributed by atoms with Crippen molar-refractivity contribution in [3.05, 3.63) is 71.8 Å². The van der Waals surface area contributed by atoms with Gasteiger partial charge in [-0.05, 0) is 11.1 Å².